The second kappa shape index (κ2) is 4.43. The van der Waals surface area contributed by atoms with Crippen molar-refractivity contribution in [3.05, 3.63) is 37.7 Å². The topological polar surface area (TPSA) is 39.8 Å². The minimum absolute atomic E-state index is 0.0234. The SMILES string of the molecule is CCc1nn(C)c(Cn2ccsc2=O)c1Cl. The average Bonchev–Trinajstić information content (AvgIpc) is 2.77. The van der Waals surface area contributed by atoms with E-state index < -0.39 is 0 Å². The third kappa shape index (κ3) is 1.92. The highest BCUT2D eigenvalue weighted by Gasteiger charge is 2.13. The first-order valence-corrected chi connectivity index (χ1v) is 6.23. The molecule has 16 heavy (non-hydrogen) atoms. The van der Waals surface area contributed by atoms with Crippen LogP contribution < -0.4 is 4.87 Å². The molecule has 0 fully saturated rings. The zero-order valence-electron chi connectivity index (χ0n) is 9.11. The molecule has 0 aromatic carbocycles. The predicted octanol–water partition coefficient (Wildman–Crippen LogP) is 1.91. The summed E-state index contributed by atoms with van der Waals surface area (Å²) in [4.78, 5) is 11.5. The summed E-state index contributed by atoms with van der Waals surface area (Å²) in [5.74, 6) is 0. The van der Waals surface area contributed by atoms with Crippen LogP contribution in [0, 0.1) is 0 Å². The summed E-state index contributed by atoms with van der Waals surface area (Å²) < 4.78 is 3.37. The van der Waals surface area contributed by atoms with Gasteiger partial charge in [0.2, 0.25) is 0 Å². The normalized spacial score (nSPS) is 10.9. The van der Waals surface area contributed by atoms with Gasteiger partial charge in [-0.15, -0.1) is 0 Å². The van der Waals surface area contributed by atoms with Crippen LogP contribution >= 0.6 is 22.9 Å². The van der Waals surface area contributed by atoms with E-state index in [9.17, 15) is 4.79 Å². The van der Waals surface area contributed by atoms with Gasteiger partial charge in [0.25, 0.3) is 0 Å². The van der Waals surface area contributed by atoms with Crippen LogP contribution in [0.1, 0.15) is 18.3 Å². The molecule has 86 valence electrons. The monoisotopic (exact) mass is 257 g/mol. The molecule has 0 aliphatic rings. The Bertz CT molecular complexity index is 555. The lowest BCUT2D eigenvalue weighted by molar-refractivity contribution is 0.656. The van der Waals surface area contributed by atoms with Crippen molar-refractivity contribution >= 4 is 22.9 Å². The fourth-order valence-electron chi connectivity index (χ4n) is 1.56. The number of aryl methyl sites for hydroxylation is 2. The summed E-state index contributed by atoms with van der Waals surface area (Å²) in [6.45, 7) is 2.49. The van der Waals surface area contributed by atoms with E-state index in [1.54, 1.807) is 20.8 Å². The molecule has 2 aromatic heterocycles. The Balaban J connectivity index is 2.38. The fraction of sp³-hybridized carbons (Fsp3) is 0.400. The van der Waals surface area contributed by atoms with Crippen molar-refractivity contribution in [2.75, 3.05) is 0 Å². The number of hydrogen-bond acceptors (Lipinski definition) is 3. The first-order valence-electron chi connectivity index (χ1n) is 4.97. The van der Waals surface area contributed by atoms with E-state index in [4.69, 9.17) is 11.6 Å². The Morgan fingerprint density at radius 2 is 2.31 bits per heavy atom. The van der Waals surface area contributed by atoms with Crippen molar-refractivity contribution in [3.63, 3.8) is 0 Å². The van der Waals surface area contributed by atoms with Crippen molar-refractivity contribution < 1.29 is 0 Å². The largest absolute Gasteiger partial charge is 0.307 e. The lowest BCUT2D eigenvalue weighted by atomic mass is 10.3. The fourth-order valence-corrected chi connectivity index (χ4v) is 2.50. The summed E-state index contributed by atoms with van der Waals surface area (Å²) in [5, 5.41) is 6.75. The molecule has 0 spiro atoms. The van der Waals surface area contributed by atoms with Gasteiger partial charge < -0.3 is 0 Å². The highest BCUT2D eigenvalue weighted by molar-refractivity contribution is 7.07. The van der Waals surface area contributed by atoms with Gasteiger partial charge in [-0.05, 0) is 6.42 Å². The highest BCUT2D eigenvalue weighted by Crippen LogP contribution is 2.21. The van der Waals surface area contributed by atoms with Crippen LogP contribution in [0.25, 0.3) is 0 Å². The third-order valence-electron chi connectivity index (χ3n) is 2.47. The van der Waals surface area contributed by atoms with E-state index in [0.29, 0.717) is 11.6 Å². The van der Waals surface area contributed by atoms with Gasteiger partial charge >= 0.3 is 4.87 Å². The van der Waals surface area contributed by atoms with Crippen LogP contribution in [-0.4, -0.2) is 14.3 Å². The molecular formula is C10H12ClN3OS. The van der Waals surface area contributed by atoms with Crippen molar-refractivity contribution in [2.24, 2.45) is 7.05 Å². The minimum atomic E-state index is 0.0234. The number of nitrogens with zero attached hydrogens (tertiary/aromatic N) is 3. The maximum Gasteiger partial charge on any atom is 0.307 e. The van der Waals surface area contributed by atoms with E-state index in [2.05, 4.69) is 5.10 Å². The molecule has 6 heteroatoms. The Kier molecular flexibility index (Phi) is 3.16. The number of hydrogen-bond donors (Lipinski definition) is 0. The number of thiazole rings is 1. The van der Waals surface area contributed by atoms with Crippen LogP contribution in [0.5, 0.6) is 0 Å². The maximum absolute atomic E-state index is 11.4. The van der Waals surface area contributed by atoms with Crippen LogP contribution in [-0.2, 0) is 20.0 Å². The molecule has 0 aliphatic heterocycles. The zero-order valence-corrected chi connectivity index (χ0v) is 10.7. The number of halogens is 1. The van der Waals surface area contributed by atoms with Gasteiger partial charge in [0.1, 0.15) is 0 Å². The molecule has 0 radical (unpaired) electrons. The summed E-state index contributed by atoms with van der Waals surface area (Å²) in [6, 6.07) is 0. The van der Waals surface area contributed by atoms with Gasteiger partial charge in [0.15, 0.2) is 0 Å². The zero-order chi connectivity index (χ0) is 11.7. The first-order chi connectivity index (χ1) is 7.63. The lowest BCUT2D eigenvalue weighted by Gasteiger charge is -2.02. The molecule has 4 nitrogen and oxygen atoms in total. The number of rotatable bonds is 3. The highest BCUT2D eigenvalue weighted by atomic mass is 35.5. The Labute approximate surface area is 102 Å². The Hall–Kier alpha value is -1.07. The molecule has 0 bridgehead atoms. The molecule has 0 N–H and O–H groups in total. The molecule has 0 unspecified atom stereocenters. The van der Waals surface area contributed by atoms with Crippen molar-refractivity contribution in [1.29, 1.82) is 0 Å². The van der Waals surface area contributed by atoms with E-state index in [-0.39, 0.29) is 4.87 Å². The molecular weight excluding hydrogens is 246 g/mol. The number of aromatic nitrogens is 3. The second-order valence-electron chi connectivity index (χ2n) is 3.48. The van der Waals surface area contributed by atoms with Crippen LogP contribution in [0.3, 0.4) is 0 Å². The van der Waals surface area contributed by atoms with Crippen molar-refractivity contribution in [1.82, 2.24) is 14.3 Å². The minimum Gasteiger partial charge on any atom is -0.300 e. The molecule has 0 aliphatic carbocycles. The van der Waals surface area contributed by atoms with Crippen molar-refractivity contribution in [3.8, 4) is 0 Å². The van der Waals surface area contributed by atoms with Crippen LogP contribution in [0.4, 0.5) is 0 Å². The van der Waals surface area contributed by atoms with Gasteiger partial charge in [-0.3, -0.25) is 14.0 Å². The molecule has 0 amide bonds. The molecule has 2 aromatic rings. The smallest absolute Gasteiger partial charge is 0.300 e. The summed E-state index contributed by atoms with van der Waals surface area (Å²) in [5.41, 5.74) is 1.75. The van der Waals surface area contributed by atoms with E-state index in [0.717, 1.165) is 17.8 Å². The summed E-state index contributed by atoms with van der Waals surface area (Å²) in [6.07, 6.45) is 2.56. The van der Waals surface area contributed by atoms with Crippen LogP contribution in [0.2, 0.25) is 5.02 Å². The van der Waals surface area contributed by atoms with E-state index in [1.807, 2.05) is 14.0 Å². The molecule has 0 saturated heterocycles. The summed E-state index contributed by atoms with van der Waals surface area (Å²) >= 11 is 7.39. The quantitative estimate of drug-likeness (QED) is 0.843. The van der Waals surface area contributed by atoms with Crippen LogP contribution in [0.15, 0.2) is 16.4 Å². The van der Waals surface area contributed by atoms with Gasteiger partial charge in [-0.25, -0.2) is 0 Å². The van der Waals surface area contributed by atoms with Crippen molar-refractivity contribution in [2.45, 2.75) is 19.9 Å². The second-order valence-corrected chi connectivity index (χ2v) is 4.72. The molecule has 2 rings (SSSR count). The first kappa shape index (κ1) is 11.4. The standard InChI is InChI=1S/C10H12ClN3OS/c1-3-7-9(11)8(13(2)12-7)6-14-4-5-16-10(14)15/h4-5H,3,6H2,1-2H3. The van der Waals surface area contributed by atoms with E-state index >= 15 is 0 Å². The van der Waals surface area contributed by atoms with E-state index in [1.165, 1.54) is 11.3 Å². The lowest BCUT2D eigenvalue weighted by Crippen LogP contribution is -2.15. The predicted molar refractivity (Wildman–Crippen MR) is 65.3 cm³/mol. The van der Waals surface area contributed by atoms with Gasteiger partial charge in [-0.1, -0.05) is 29.9 Å². The average molecular weight is 258 g/mol. The third-order valence-corrected chi connectivity index (χ3v) is 3.60. The molecule has 2 heterocycles. The van der Waals surface area contributed by atoms with Gasteiger partial charge in [-0.2, -0.15) is 5.10 Å². The Morgan fingerprint density at radius 1 is 1.56 bits per heavy atom. The van der Waals surface area contributed by atoms with Gasteiger partial charge in [0, 0.05) is 18.6 Å². The molecule has 0 atom stereocenters. The summed E-state index contributed by atoms with van der Waals surface area (Å²) in [7, 11) is 1.85. The molecule has 0 saturated carbocycles. The maximum atomic E-state index is 11.4. The van der Waals surface area contributed by atoms with Gasteiger partial charge in [0.05, 0.1) is 23.0 Å². The Morgan fingerprint density at radius 3 is 2.81 bits per heavy atom.